The van der Waals surface area contributed by atoms with Crippen LogP contribution in [0, 0.1) is 0 Å². The van der Waals surface area contributed by atoms with Crippen LogP contribution in [0.15, 0.2) is 187 Å². The van der Waals surface area contributed by atoms with Crippen LogP contribution in [0.1, 0.15) is 11.6 Å². The molecule has 4 heterocycles. The number of nitrogens with zero attached hydrogens (tertiary/aromatic N) is 3. The van der Waals surface area contributed by atoms with Crippen LogP contribution >= 0.6 is 11.3 Å². The molecule has 4 nitrogen and oxygen atoms in total. The van der Waals surface area contributed by atoms with Crippen molar-refractivity contribution >= 4 is 92.3 Å². The van der Waals surface area contributed by atoms with Gasteiger partial charge in [-0.15, -0.1) is 11.3 Å². The molecule has 0 radical (unpaired) electrons. The van der Waals surface area contributed by atoms with Crippen molar-refractivity contribution in [3.8, 4) is 16.8 Å². The first kappa shape index (κ1) is 30.5. The first-order chi connectivity index (χ1) is 27.3. The van der Waals surface area contributed by atoms with E-state index in [9.17, 15) is 0 Å². The zero-order valence-corrected chi connectivity index (χ0v) is 30.5. The zero-order valence-electron chi connectivity index (χ0n) is 29.6. The van der Waals surface area contributed by atoms with Crippen molar-refractivity contribution in [2.24, 2.45) is 4.99 Å². The first-order valence-corrected chi connectivity index (χ1v) is 19.6. The van der Waals surface area contributed by atoms with E-state index in [0.29, 0.717) is 0 Å². The minimum atomic E-state index is -0.240. The third-order valence-electron chi connectivity index (χ3n) is 11.4. The molecule has 1 unspecified atom stereocenters. The van der Waals surface area contributed by atoms with E-state index >= 15 is 0 Å². The highest BCUT2D eigenvalue weighted by Crippen LogP contribution is 2.49. The van der Waals surface area contributed by atoms with Crippen LogP contribution < -0.4 is 5.32 Å². The Morgan fingerprint density at radius 1 is 0.455 bits per heavy atom. The van der Waals surface area contributed by atoms with Crippen molar-refractivity contribution in [1.82, 2.24) is 9.13 Å². The molecule has 0 saturated carbocycles. The number of fused-ring (bicyclic) bond motifs is 10. The average molecular weight is 721 g/mol. The van der Waals surface area contributed by atoms with E-state index in [1.807, 2.05) is 0 Å². The Hall–Kier alpha value is -6.95. The van der Waals surface area contributed by atoms with Crippen LogP contribution in [0.4, 0.5) is 10.7 Å². The molecule has 3 aromatic heterocycles. The van der Waals surface area contributed by atoms with Crippen LogP contribution in [0.2, 0.25) is 0 Å². The summed E-state index contributed by atoms with van der Waals surface area (Å²) in [6.45, 7) is 0. The second-order valence-corrected chi connectivity index (χ2v) is 15.5. The predicted molar refractivity (Wildman–Crippen MR) is 234 cm³/mol. The maximum atomic E-state index is 5.70. The molecule has 0 bridgehead atoms. The number of hydrogen-bond acceptors (Lipinski definition) is 3. The Morgan fingerprint density at radius 2 is 1.07 bits per heavy atom. The first-order valence-electron chi connectivity index (χ1n) is 18.7. The van der Waals surface area contributed by atoms with Gasteiger partial charge in [-0.25, -0.2) is 4.99 Å². The lowest BCUT2D eigenvalue weighted by Gasteiger charge is -2.28. The number of para-hydroxylation sites is 3. The normalized spacial score (nSPS) is 14.3. The van der Waals surface area contributed by atoms with Gasteiger partial charge in [0, 0.05) is 37.3 Å². The van der Waals surface area contributed by atoms with Gasteiger partial charge < -0.3 is 9.88 Å². The summed E-state index contributed by atoms with van der Waals surface area (Å²) >= 11 is 1.76. The molecular formula is C50H32N4S. The van der Waals surface area contributed by atoms with E-state index in [2.05, 4.69) is 196 Å². The smallest absolute Gasteiger partial charge is 0.142 e. The van der Waals surface area contributed by atoms with Gasteiger partial charge in [-0.3, -0.25) is 4.57 Å². The molecule has 12 rings (SSSR count). The minimum Gasteiger partial charge on any atom is -0.369 e. The largest absolute Gasteiger partial charge is 0.369 e. The predicted octanol–water partition coefficient (Wildman–Crippen LogP) is 13.7. The Morgan fingerprint density at radius 3 is 1.87 bits per heavy atom. The molecule has 1 aliphatic heterocycles. The van der Waals surface area contributed by atoms with E-state index in [0.717, 1.165) is 38.8 Å². The SMILES string of the molecule is c1ccc(-c2ccc3c4c(sc3c2)N=C(n2c3ccccc3c3cc5ccccc5cc32)C(c2ccc3c5ccccc5n(-c5ccccc5)c3c2)N4)cc1. The number of anilines is 1. The lowest BCUT2D eigenvalue weighted by atomic mass is 10.0. The van der Waals surface area contributed by atoms with E-state index in [-0.39, 0.29) is 6.04 Å². The van der Waals surface area contributed by atoms with E-state index in [1.165, 1.54) is 64.6 Å². The summed E-state index contributed by atoms with van der Waals surface area (Å²) in [4.78, 5) is 5.70. The standard InChI is InChI=1S/C50H32N4S/c1-3-13-31(14-4-1)34-23-26-40-46(30-34)55-50-48(40)51-47(35-24-25-39-37-19-9-11-21-42(37)53(44(39)29-35)36-17-5-2-6-18-36)49(52-50)54-43-22-12-10-20-38(43)41-27-32-15-7-8-16-33(32)28-45(41)54/h1-30,47,51H. The van der Waals surface area contributed by atoms with Crippen LogP contribution in [-0.4, -0.2) is 15.0 Å². The summed E-state index contributed by atoms with van der Waals surface area (Å²) in [5.41, 5.74) is 10.5. The number of aliphatic imine (C=N–C) groups is 1. The summed E-state index contributed by atoms with van der Waals surface area (Å²) in [5.74, 6) is 0.963. The van der Waals surface area contributed by atoms with Gasteiger partial charge in [-0.2, -0.15) is 0 Å². The molecule has 1 N–H and O–H groups in total. The van der Waals surface area contributed by atoms with Crippen LogP contribution in [0.5, 0.6) is 0 Å². The van der Waals surface area contributed by atoms with Gasteiger partial charge in [0.15, 0.2) is 0 Å². The maximum Gasteiger partial charge on any atom is 0.142 e. The molecular weight excluding hydrogens is 689 g/mol. The van der Waals surface area contributed by atoms with Crippen molar-refractivity contribution in [3.05, 3.63) is 188 Å². The van der Waals surface area contributed by atoms with Crippen molar-refractivity contribution in [2.45, 2.75) is 6.04 Å². The fourth-order valence-electron chi connectivity index (χ4n) is 8.83. The fourth-order valence-corrected chi connectivity index (χ4v) is 9.91. The van der Waals surface area contributed by atoms with E-state index in [4.69, 9.17) is 4.99 Å². The lowest BCUT2D eigenvalue weighted by Crippen LogP contribution is -2.29. The Kier molecular flexibility index (Phi) is 6.53. The van der Waals surface area contributed by atoms with Gasteiger partial charge in [-0.1, -0.05) is 133 Å². The number of rotatable bonds is 3. The number of aromatic nitrogens is 2. The minimum absolute atomic E-state index is 0.240. The monoisotopic (exact) mass is 720 g/mol. The van der Waals surface area contributed by atoms with Gasteiger partial charge in [0.1, 0.15) is 16.9 Å². The van der Waals surface area contributed by atoms with Gasteiger partial charge in [-0.05, 0) is 76.0 Å². The topological polar surface area (TPSA) is 34.2 Å². The molecule has 0 amide bonds. The molecule has 0 spiro atoms. The molecule has 0 fully saturated rings. The van der Waals surface area contributed by atoms with Crippen LogP contribution in [0.3, 0.4) is 0 Å². The molecule has 5 heteroatoms. The number of benzene rings is 8. The molecule has 11 aromatic rings. The Balaban J connectivity index is 1.14. The molecule has 8 aromatic carbocycles. The summed E-state index contributed by atoms with van der Waals surface area (Å²) in [7, 11) is 0. The lowest BCUT2D eigenvalue weighted by molar-refractivity contribution is 0.970. The van der Waals surface area contributed by atoms with Crippen LogP contribution in [0.25, 0.3) is 81.3 Å². The van der Waals surface area contributed by atoms with E-state index in [1.54, 1.807) is 11.3 Å². The summed E-state index contributed by atoms with van der Waals surface area (Å²) < 4.78 is 6.03. The number of thiophene rings is 1. The van der Waals surface area contributed by atoms with Gasteiger partial charge in [0.25, 0.3) is 0 Å². The van der Waals surface area contributed by atoms with Gasteiger partial charge in [0.2, 0.25) is 0 Å². The number of hydrogen-bond donors (Lipinski definition) is 1. The third kappa shape index (κ3) is 4.60. The Labute approximate surface area is 320 Å². The second kappa shape index (κ2) is 11.8. The Bertz CT molecular complexity index is 3350. The van der Waals surface area contributed by atoms with Crippen molar-refractivity contribution in [1.29, 1.82) is 0 Å². The third-order valence-corrected chi connectivity index (χ3v) is 12.4. The van der Waals surface area contributed by atoms with Crippen molar-refractivity contribution in [3.63, 3.8) is 0 Å². The average Bonchev–Trinajstić information content (AvgIpc) is 3.89. The molecule has 0 saturated heterocycles. The molecule has 258 valence electrons. The van der Waals surface area contributed by atoms with Gasteiger partial charge in [0.05, 0.1) is 27.8 Å². The van der Waals surface area contributed by atoms with Crippen molar-refractivity contribution in [2.75, 3.05) is 5.32 Å². The molecule has 1 atom stereocenters. The maximum absolute atomic E-state index is 5.70. The van der Waals surface area contributed by atoms with Crippen LogP contribution in [-0.2, 0) is 0 Å². The van der Waals surface area contributed by atoms with E-state index < -0.39 is 0 Å². The van der Waals surface area contributed by atoms with Crippen molar-refractivity contribution < 1.29 is 0 Å². The highest BCUT2D eigenvalue weighted by Gasteiger charge is 2.31. The summed E-state index contributed by atoms with van der Waals surface area (Å²) in [6, 6.07) is 65.7. The highest BCUT2D eigenvalue weighted by molar-refractivity contribution is 7.23. The van der Waals surface area contributed by atoms with Gasteiger partial charge >= 0.3 is 0 Å². The quantitative estimate of drug-likeness (QED) is 0.194. The molecule has 55 heavy (non-hydrogen) atoms. The number of nitrogens with one attached hydrogen (secondary N) is 1. The summed E-state index contributed by atoms with van der Waals surface area (Å²) in [5, 5.41) is 13.7. The molecule has 1 aliphatic rings. The summed E-state index contributed by atoms with van der Waals surface area (Å²) in [6.07, 6.45) is 0. The fraction of sp³-hybridized carbons (Fsp3) is 0.0200. The highest BCUT2D eigenvalue weighted by atomic mass is 32.1. The molecule has 0 aliphatic carbocycles. The zero-order chi connectivity index (χ0) is 36.0. The second-order valence-electron chi connectivity index (χ2n) is 14.4.